The topological polar surface area (TPSA) is 38.5 Å². The second kappa shape index (κ2) is 5.71. The number of nitrogens with zero attached hydrogens (tertiary/aromatic N) is 1. The molecule has 0 saturated carbocycles. The van der Waals surface area contributed by atoms with Gasteiger partial charge < -0.3 is 15.4 Å². The van der Waals surface area contributed by atoms with Gasteiger partial charge in [-0.25, -0.2) is 0 Å². The second-order valence-corrected chi connectivity index (χ2v) is 4.92. The summed E-state index contributed by atoms with van der Waals surface area (Å²) in [5.41, 5.74) is 7.27. The van der Waals surface area contributed by atoms with Gasteiger partial charge in [-0.2, -0.15) is 0 Å². The van der Waals surface area contributed by atoms with Crippen LogP contribution in [0.2, 0.25) is 5.02 Å². The van der Waals surface area contributed by atoms with Crippen LogP contribution in [0.3, 0.4) is 0 Å². The molecule has 1 aliphatic rings. The number of methoxy groups -OCH3 is 1. The van der Waals surface area contributed by atoms with Gasteiger partial charge in [0.2, 0.25) is 0 Å². The van der Waals surface area contributed by atoms with E-state index >= 15 is 0 Å². The van der Waals surface area contributed by atoms with E-state index in [-0.39, 0.29) is 6.04 Å². The standard InChI is InChI=1S/C13H19ClN2O/c1-17-13-5-4-10(8-11(13)14)12(15)9-16-6-2-3-7-16/h4-5,8,12H,2-3,6-7,9,15H2,1H3. The fourth-order valence-corrected chi connectivity index (χ4v) is 2.53. The quantitative estimate of drug-likeness (QED) is 0.897. The van der Waals surface area contributed by atoms with Gasteiger partial charge in [0.05, 0.1) is 12.1 Å². The van der Waals surface area contributed by atoms with Crippen LogP contribution >= 0.6 is 11.6 Å². The van der Waals surface area contributed by atoms with Gasteiger partial charge in [0.1, 0.15) is 5.75 Å². The van der Waals surface area contributed by atoms with Crippen LogP contribution in [-0.2, 0) is 0 Å². The van der Waals surface area contributed by atoms with E-state index in [1.54, 1.807) is 7.11 Å². The van der Waals surface area contributed by atoms with Gasteiger partial charge in [0, 0.05) is 12.6 Å². The molecule has 0 bridgehead atoms. The van der Waals surface area contributed by atoms with Crippen molar-refractivity contribution < 1.29 is 4.74 Å². The monoisotopic (exact) mass is 254 g/mol. The fourth-order valence-electron chi connectivity index (χ4n) is 2.26. The summed E-state index contributed by atoms with van der Waals surface area (Å²) in [6.45, 7) is 3.23. The highest BCUT2D eigenvalue weighted by atomic mass is 35.5. The van der Waals surface area contributed by atoms with Gasteiger partial charge in [-0.1, -0.05) is 17.7 Å². The van der Waals surface area contributed by atoms with Crippen molar-refractivity contribution in [2.45, 2.75) is 18.9 Å². The maximum Gasteiger partial charge on any atom is 0.137 e. The summed E-state index contributed by atoms with van der Waals surface area (Å²) in [4.78, 5) is 2.41. The molecule has 1 fully saturated rings. The highest BCUT2D eigenvalue weighted by Crippen LogP contribution is 2.27. The van der Waals surface area contributed by atoms with Crippen LogP contribution in [0.5, 0.6) is 5.75 Å². The van der Waals surface area contributed by atoms with E-state index in [1.807, 2.05) is 18.2 Å². The van der Waals surface area contributed by atoms with Crippen LogP contribution in [0.1, 0.15) is 24.4 Å². The summed E-state index contributed by atoms with van der Waals surface area (Å²) in [6.07, 6.45) is 2.58. The van der Waals surface area contributed by atoms with Crippen molar-refractivity contribution in [1.29, 1.82) is 0 Å². The first-order valence-corrected chi connectivity index (χ1v) is 6.40. The number of halogens is 1. The molecule has 2 N–H and O–H groups in total. The van der Waals surface area contributed by atoms with Gasteiger partial charge in [-0.3, -0.25) is 0 Å². The van der Waals surface area contributed by atoms with Crippen molar-refractivity contribution in [2.24, 2.45) is 5.73 Å². The molecule has 1 aliphatic heterocycles. The van der Waals surface area contributed by atoms with Gasteiger partial charge in [-0.05, 0) is 43.6 Å². The van der Waals surface area contributed by atoms with Crippen LogP contribution in [-0.4, -0.2) is 31.6 Å². The van der Waals surface area contributed by atoms with E-state index in [2.05, 4.69) is 4.90 Å². The van der Waals surface area contributed by atoms with Crippen molar-refractivity contribution in [3.05, 3.63) is 28.8 Å². The Morgan fingerprint density at radius 3 is 2.71 bits per heavy atom. The Kier molecular flexibility index (Phi) is 4.26. The summed E-state index contributed by atoms with van der Waals surface area (Å²) < 4.78 is 5.13. The van der Waals surface area contributed by atoms with E-state index < -0.39 is 0 Å². The van der Waals surface area contributed by atoms with Gasteiger partial charge in [-0.15, -0.1) is 0 Å². The first kappa shape index (κ1) is 12.7. The lowest BCUT2D eigenvalue weighted by molar-refractivity contribution is 0.316. The summed E-state index contributed by atoms with van der Waals surface area (Å²) in [5, 5.41) is 0.627. The lowest BCUT2D eigenvalue weighted by Crippen LogP contribution is -2.29. The zero-order chi connectivity index (χ0) is 12.3. The third kappa shape index (κ3) is 3.12. The normalized spacial score (nSPS) is 18.3. The van der Waals surface area contributed by atoms with Crippen molar-refractivity contribution in [1.82, 2.24) is 4.90 Å². The second-order valence-electron chi connectivity index (χ2n) is 4.51. The molecule has 0 aromatic heterocycles. The van der Waals surface area contributed by atoms with E-state index in [4.69, 9.17) is 22.1 Å². The highest BCUT2D eigenvalue weighted by Gasteiger charge is 2.16. The van der Waals surface area contributed by atoms with Crippen molar-refractivity contribution in [3.63, 3.8) is 0 Å². The Labute approximate surface area is 107 Å². The third-order valence-corrected chi connectivity index (χ3v) is 3.55. The molecule has 0 radical (unpaired) electrons. The molecule has 1 heterocycles. The molecule has 0 aliphatic carbocycles. The zero-order valence-corrected chi connectivity index (χ0v) is 10.9. The predicted octanol–water partition coefficient (Wildman–Crippen LogP) is 2.44. The molecule has 0 spiro atoms. The van der Waals surface area contributed by atoms with E-state index in [1.165, 1.54) is 12.8 Å². The Hall–Kier alpha value is -0.770. The molecule has 3 nitrogen and oxygen atoms in total. The average Bonchev–Trinajstić information content (AvgIpc) is 2.81. The summed E-state index contributed by atoms with van der Waals surface area (Å²) >= 11 is 6.10. The van der Waals surface area contributed by atoms with Crippen LogP contribution in [0.15, 0.2) is 18.2 Å². The molecule has 1 aromatic carbocycles. The van der Waals surface area contributed by atoms with Gasteiger partial charge in [0.15, 0.2) is 0 Å². The highest BCUT2D eigenvalue weighted by molar-refractivity contribution is 6.32. The number of hydrogen-bond acceptors (Lipinski definition) is 3. The van der Waals surface area contributed by atoms with Crippen LogP contribution in [0.25, 0.3) is 0 Å². The van der Waals surface area contributed by atoms with Crippen LogP contribution < -0.4 is 10.5 Å². The zero-order valence-electron chi connectivity index (χ0n) is 10.2. The molecular formula is C13H19ClN2O. The number of nitrogens with two attached hydrogens (primary N) is 1. The lowest BCUT2D eigenvalue weighted by atomic mass is 10.1. The molecule has 1 saturated heterocycles. The number of rotatable bonds is 4. The van der Waals surface area contributed by atoms with E-state index in [0.717, 1.165) is 25.2 Å². The minimum Gasteiger partial charge on any atom is -0.495 e. The Balaban J connectivity index is 2.02. The molecule has 4 heteroatoms. The van der Waals surface area contributed by atoms with Crippen LogP contribution in [0, 0.1) is 0 Å². The number of benzene rings is 1. The molecule has 17 heavy (non-hydrogen) atoms. The first-order valence-electron chi connectivity index (χ1n) is 6.02. The molecule has 2 rings (SSSR count). The predicted molar refractivity (Wildman–Crippen MR) is 70.6 cm³/mol. The van der Waals surface area contributed by atoms with E-state index in [9.17, 15) is 0 Å². The van der Waals surface area contributed by atoms with Crippen molar-refractivity contribution in [2.75, 3.05) is 26.7 Å². The first-order chi connectivity index (χ1) is 8.20. The summed E-state index contributed by atoms with van der Waals surface area (Å²) in [7, 11) is 1.62. The molecule has 0 amide bonds. The molecule has 1 unspecified atom stereocenters. The lowest BCUT2D eigenvalue weighted by Gasteiger charge is -2.20. The molecule has 1 aromatic rings. The van der Waals surface area contributed by atoms with Crippen molar-refractivity contribution >= 4 is 11.6 Å². The largest absolute Gasteiger partial charge is 0.495 e. The SMILES string of the molecule is COc1ccc(C(N)CN2CCCC2)cc1Cl. The van der Waals surface area contributed by atoms with Gasteiger partial charge in [0.25, 0.3) is 0 Å². The summed E-state index contributed by atoms with van der Waals surface area (Å²) in [6, 6.07) is 5.80. The molecule has 1 atom stereocenters. The summed E-state index contributed by atoms with van der Waals surface area (Å²) in [5.74, 6) is 0.698. The maximum absolute atomic E-state index is 6.19. The number of likely N-dealkylation sites (tertiary alicyclic amines) is 1. The Morgan fingerprint density at radius 1 is 1.41 bits per heavy atom. The smallest absolute Gasteiger partial charge is 0.137 e. The maximum atomic E-state index is 6.19. The Bertz CT molecular complexity index is 378. The minimum atomic E-state index is 0.0245. The van der Waals surface area contributed by atoms with Gasteiger partial charge >= 0.3 is 0 Å². The van der Waals surface area contributed by atoms with Crippen molar-refractivity contribution in [3.8, 4) is 5.75 Å². The van der Waals surface area contributed by atoms with Crippen LogP contribution in [0.4, 0.5) is 0 Å². The Morgan fingerprint density at radius 2 is 2.12 bits per heavy atom. The van der Waals surface area contributed by atoms with E-state index in [0.29, 0.717) is 10.8 Å². The average molecular weight is 255 g/mol. The minimum absolute atomic E-state index is 0.0245. The third-order valence-electron chi connectivity index (χ3n) is 3.26. The number of ether oxygens (including phenoxy) is 1. The molecule has 94 valence electrons. The number of hydrogen-bond donors (Lipinski definition) is 1. The fraction of sp³-hybridized carbons (Fsp3) is 0.538. The molecular weight excluding hydrogens is 236 g/mol.